The second-order valence-corrected chi connectivity index (χ2v) is 3.68. The van der Waals surface area contributed by atoms with Crippen LogP contribution in [0.2, 0.25) is 0 Å². The molecule has 1 aliphatic rings. The largest absolute Gasteiger partial charge is 0.343 e. The van der Waals surface area contributed by atoms with Crippen molar-refractivity contribution in [3.8, 4) is 0 Å². The van der Waals surface area contributed by atoms with E-state index in [4.69, 9.17) is 0 Å². The van der Waals surface area contributed by atoms with Crippen molar-refractivity contribution in [2.75, 3.05) is 14.1 Å². The Morgan fingerprint density at radius 3 is 2.85 bits per heavy atom. The van der Waals surface area contributed by atoms with Gasteiger partial charge >= 0.3 is 0 Å². The lowest BCUT2D eigenvalue weighted by molar-refractivity contribution is 0.0822. The summed E-state index contributed by atoms with van der Waals surface area (Å²) in [5, 5.41) is 6.89. The van der Waals surface area contributed by atoms with E-state index in [-0.39, 0.29) is 5.91 Å². The van der Waals surface area contributed by atoms with Crippen LogP contribution < -0.4 is 0 Å². The Morgan fingerprint density at radius 2 is 2.31 bits per heavy atom. The maximum absolute atomic E-state index is 11.4. The molecule has 1 aromatic rings. The van der Waals surface area contributed by atoms with Gasteiger partial charge in [0.25, 0.3) is 5.91 Å². The summed E-state index contributed by atoms with van der Waals surface area (Å²) in [4.78, 5) is 13.0. The van der Waals surface area contributed by atoms with Gasteiger partial charge in [-0.2, -0.15) is 5.10 Å². The van der Waals surface area contributed by atoms with Crippen molar-refractivity contribution < 1.29 is 4.79 Å². The number of nitrogens with one attached hydrogen (secondary N) is 1. The Labute approximate surface area is 76.9 Å². The van der Waals surface area contributed by atoms with Gasteiger partial charge in [0.1, 0.15) is 5.69 Å². The molecule has 0 aliphatic heterocycles. The van der Waals surface area contributed by atoms with Crippen LogP contribution in [-0.2, 0) is 0 Å². The lowest BCUT2D eigenvalue weighted by atomic mass is 10.2. The smallest absolute Gasteiger partial charge is 0.273 e. The fourth-order valence-corrected chi connectivity index (χ4v) is 1.28. The molecular formula is C9H13N3O. The number of carbonyl (C=O) groups is 1. The average Bonchev–Trinajstić information content (AvgIpc) is 2.83. The van der Waals surface area contributed by atoms with Crippen molar-refractivity contribution >= 4 is 5.91 Å². The molecule has 1 aromatic heterocycles. The molecule has 0 saturated heterocycles. The van der Waals surface area contributed by atoms with Crippen LogP contribution in [-0.4, -0.2) is 35.1 Å². The highest BCUT2D eigenvalue weighted by Crippen LogP contribution is 2.38. The molecular weight excluding hydrogens is 166 g/mol. The third kappa shape index (κ3) is 1.56. The van der Waals surface area contributed by atoms with Crippen molar-refractivity contribution in [1.29, 1.82) is 0 Å². The zero-order chi connectivity index (χ0) is 9.42. The summed E-state index contributed by atoms with van der Waals surface area (Å²) >= 11 is 0. The highest BCUT2D eigenvalue weighted by atomic mass is 16.2. The molecule has 0 bridgehead atoms. The van der Waals surface area contributed by atoms with Crippen LogP contribution in [0.25, 0.3) is 0 Å². The van der Waals surface area contributed by atoms with Crippen molar-refractivity contribution in [3.05, 3.63) is 17.5 Å². The SMILES string of the molecule is CN(C)C(=O)c1cc(C2CC2)[nH]n1. The van der Waals surface area contributed by atoms with Crippen molar-refractivity contribution in [2.24, 2.45) is 0 Å². The van der Waals surface area contributed by atoms with Crippen molar-refractivity contribution in [2.45, 2.75) is 18.8 Å². The second-order valence-electron chi connectivity index (χ2n) is 3.68. The predicted octanol–water partition coefficient (Wildman–Crippen LogP) is 0.989. The molecule has 1 N–H and O–H groups in total. The van der Waals surface area contributed by atoms with Crippen LogP contribution in [0.15, 0.2) is 6.07 Å². The van der Waals surface area contributed by atoms with E-state index in [1.807, 2.05) is 6.07 Å². The van der Waals surface area contributed by atoms with Gasteiger partial charge in [-0.05, 0) is 18.9 Å². The van der Waals surface area contributed by atoms with Crippen molar-refractivity contribution in [1.82, 2.24) is 15.1 Å². The second kappa shape index (κ2) is 2.87. The predicted molar refractivity (Wildman–Crippen MR) is 48.6 cm³/mol. The molecule has 1 fully saturated rings. The summed E-state index contributed by atoms with van der Waals surface area (Å²) in [6.45, 7) is 0. The van der Waals surface area contributed by atoms with Gasteiger partial charge in [-0.1, -0.05) is 0 Å². The molecule has 4 nitrogen and oxygen atoms in total. The molecule has 0 aromatic carbocycles. The lowest BCUT2D eigenvalue weighted by Crippen LogP contribution is -2.21. The van der Waals surface area contributed by atoms with Crippen molar-refractivity contribution in [3.63, 3.8) is 0 Å². The van der Waals surface area contributed by atoms with Gasteiger partial charge in [0.2, 0.25) is 0 Å². The van der Waals surface area contributed by atoms with Crippen LogP contribution in [0.5, 0.6) is 0 Å². The van der Waals surface area contributed by atoms with Crippen LogP contribution in [0.3, 0.4) is 0 Å². The molecule has 1 saturated carbocycles. The molecule has 1 heterocycles. The summed E-state index contributed by atoms with van der Waals surface area (Å²) in [6, 6.07) is 1.86. The minimum Gasteiger partial charge on any atom is -0.343 e. The first-order valence-electron chi connectivity index (χ1n) is 4.45. The Kier molecular flexibility index (Phi) is 1.83. The highest BCUT2D eigenvalue weighted by molar-refractivity contribution is 5.92. The van der Waals surface area contributed by atoms with E-state index in [0.717, 1.165) is 5.69 Å². The van der Waals surface area contributed by atoms with Gasteiger partial charge in [0.15, 0.2) is 0 Å². The maximum Gasteiger partial charge on any atom is 0.273 e. The first kappa shape index (κ1) is 8.29. The average molecular weight is 179 g/mol. The van der Waals surface area contributed by atoms with E-state index in [1.165, 1.54) is 17.7 Å². The Balaban J connectivity index is 2.16. The molecule has 0 spiro atoms. The molecule has 0 radical (unpaired) electrons. The number of hydrogen-bond acceptors (Lipinski definition) is 2. The van der Waals surface area contributed by atoms with E-state index < -0.39 is 0 Å². The molecule has 1 amide bonds. The first-order valence-corrected chi connectivity index (χ1v) is 4.45. The van der Waals surface area contributed by atoms with E-state index in [1.54, 1.807) is 14.1 Å². The van der Waals surface area contributed by atoms with Crippen LogP contribution >= 0.6 is 0 Å². The van der Waals surface area contributed by atoms with Gasteiger partial charge in [0, 0.05) is 25.7 Å². The molecule has 13 heavy (non-hydrogen) atoms. The molecule has 70 valence electrons. The minimum absolute atomic E-state index is 0.0387. The van der Waals surface area contributed by atoms with E-state index in [9.17, 15) is 4.79 Å². The normalized spacial score (nSPS) is 15.8. The minimum atomic E-state index is -0.0387. The van der Waals surface area contributed by atoms with Gasteiger partial charge in [-0.25, -0.2) is 0 Å². The zero-order valence-corrected chi connectivity index (χ0v) is 7.87. The molecule has 4 heteroatoms. The number of carbonyl (C=O) groups excluding carboxylic acids is 1. The standard InChI is InChI=1S/C9H13N3O/c1-12(2)9(13)8-5-7(10-11-8)6-3-4-6/h5-6H,3-4H2,1-2H3,(H,10,11). The summed E-state index contributed by atoms with van der Waals surface area (Å²) in [7, 11) is 3.46. The number of amides is 1. The number of nitrogens with zero attached hydrogens (tertiary/aromatic N) is 2. The Morgan fingerprint density at radius 1 is 1.62 bits per heavy atom. The van der Waals surface area contributed by atoms with Crippen LogP contribution in [0.4, 0.5) is 0 Å². The number of rotatable bonds is 2. The van der Waals surface area contributed by atoms with Crippen LogP contribution in [0, 0.1) is 0 Å². The quantitative estimate of drug-likeness (QED) is 0.736. The summed E-state index contributed by atoms with van der Waals surface area (Å²) < 4.78 is 0. The fraction of sp³-hybridized carbons (Fsp3) is 0.556. The van der Waals surface area contributed by atoms with Gasteiger partial charge < -0.3 is 4.90 Å². The maximum atomic E-state index is 11.4. The number of H-pyrrole nitrogens is 1. The number of hydrogen-bond donors (Lipinski definition) is 1. The molecule has 2 rings (SSSR count). The Hall–Kier alpha value is -1.32. The number of aromatic nitrogens is 2. The summed E-state index contributed by atoms with van der Waals surface area (Å²) in [5.74, 6) is 0.583. The van der Waals surface area contributed by atoms with Gasteiger partial charge in [-0.15, -0.1) is 0 Å². The van der Waals surface area contributed by atoms with E-state index in [0.29, 0.717) is 11.6 Å². The number of aromatic amines is 1. The molecule has 0 unspecified atom stereocenters. The first-order chi connectivity index (χ1) is 6.18. The topological polar surface area (TPSA) is 49.0 Å². The zero-order valence-electron chi connectivity index (χ0n) is 7.87. The van der Waals surface area contributed by atoms with E-state index in [2.05, 4.69) is 10.2 Å². The summed E-state index contributed by atoms with van der Waals surface area (Å²) in [6.07, 6.45) is 2.44. The third-order valence-electron chi connectivity index (χ3n) is 2.24. The monoisotopic (exact) mass is 179 g/mol. The highest BCUT2D eigenvalue weighted by Gasteiger charge is 2.26. The Bertz CT molecular complexity index is 325. The van der Waals surface area contributed by atoms with Crippen LogP contribution in [0.1, 0.15) is 34.9 Å². The summed E-state index contributed by atoms with van der Waals surface area (Å²) in [5.41, 5.74) is 1.62. The molecule has 0 atom stereocenters. The van der Waals surface area contributed by atoms with Gasteiger partial charge in [0.05, 0.1) is 0 Å². The lowest BCUT2D eigenvalue weighted by Gasteiger charge is -2.06. The van der Waals surface area contributed by atoms with E-state index >= 15 is 0 Å². The molecule has 1 aliphatic carbocycles. The third-order valence-corrected chi connectivity index (χ3v) is 2.24. The fourth-order valence-electron chi connectivity index (χ4n) is 1.28. The van der Waals surface area contributed by atoms with Gasteiger partial charge in [-0.3, -0.25) is 9.89 Å².